The Bertz CT molecular complexity index is 1020. The summed E-state index contributed by atoms with van der Waals surface area (Å²) in [5.41, 5.74) is 2.35. The highest BCUT2D eigenvalue weighted by Crippen LogP contribution is 2.23. The number of carbonyl (C=O) groups excluding carboxylic acids is 1. The van der Waals surface area contributed by atoms with Crippen molar-refractivity contribution in [3.63, 3.8) is 0 Å². The second-order valence-corrected chi connectivity index (χ2v) is 6.19. The van der Waals surface area contributed by atoms with Crippen LogP contribution in [0, 0.1) is 13.8 Å². The molecule has 0 unspecified atom stereocenters. The summed E-state index contributed by atoms with van der Waals surface area (Å²) in [4.78, 5) is 28.7. The molecule has 0 spiro atoms. The predicted octanol–water partition coefficient (Wildman–Crippen LogP) is 2.36. The van der Waals surface area contributed by atoms with Gasteiger partial charge in [0.25, 0.3) is 5.91 Å². The molecule has 0 atom stereocenters. The monoisotopic (exact) mass is 351 g/mol. The third-order valence-corrected chi connectivity index (χ3v) is 4.20. The molecule has 0 bridgehead atoms. The van der Waals surface area contributed by atoms with Gasteiger partial charge in [-0.2, -0.15) is 0 Å². The number of carbonyl (C=O) groups is 1. The van der Waals surface area contributed by atoms with Crippen molar-refractivity contribution in [2.45, 2.75) is 13.8 Å². The van der Waals surface area contributed by atoms with Crippen LogP contribution in [-0.2, 0) is 7.05 Å². The zero-order chi connectivity index (χ0) is 18.7. The third-order valence-electron chi connectivity index (χ3n) is 4.20. The van der Waals surface area contributed by atoms with E-state index in [2.05, 4.69) is 10.3 Å². The molecule has 0 saturated carbocycles. The molecule has 0 radical (unpaired) electrons. The number of para-hydroxylation sites is 1. The van der Waals surface area contributed by atoms with Gasteiger partial charge < -0.3 is 14.6 Å². The number of benzene rings is 1. The van der Waals surface area contributed by atoms with Gasteiger partial charge in [-0.1, -0.05) is 18.2 Å². The summed E-state index contributed by atoms with van der Waals surface area (Å²) in [5, 5.41) is 3.72. The number of nitrogens with one attached hydrogen (secondary N) is 1. The Morgan fingerprint density at radius 2 is 2.04 bits per heavy atom. The van der Waals surface area contributed by atoms with Crippen LogP contribution >= 0.6 is 0 Å². The number of hydrogen-bond donors (Lipinski definition) is 1. The van der Waals surface area contributed by atoms with Gasteiger partial charge in [0.2, 0.25) is 0 Å². The molecule has 26 heavy (non-hydrogen) atoms. The van der Waals surface area contributed by atoms with E-state index in [1.165, 1.54) is 6.07 Å². The number of aromatic nitrogens is 2. The Labute approximate surface area is 151 Å². The molecular formula is C20H21N3O3. The second kappa shape index (κ2) is 7.39. The summed E-state index contributed by atoms with van der Waals surface area (Å²) in [5.74, 6) is 0.271. The number of ether oxygens (including phenoxy) is 1. The first-order chi connectivity index (χ1) is 12.5. The number of fused-ring (bicyclic) bond motifs is 1. The standard InChI is InChI=1S/C20H21N3O3/c1-13-7-8-15-5-4-6-18(19(15)22-13)26-10-9-21-20(25)16-12-23(3)14(2)11-17(16)24/h4-8,11-12H,9-10H2,1-3H3,(H,21,25). The highest BCUT2D eigenvalue weighted by molar-refractivity contribution is 5.93. The van der Waals surface area contributed by atoms with Gasteiger partial charge in [-0.15, -0.1) is 0 Å². The molecule has 1 N–H and O–H groups in total. The van der Waals surface area contributed by atoms with Crippen molar-refractivity contribution >= 4 is 16.8 Å². The molecule has 3 aromatic rings. The predicted molar refractivity (Wildman–Crippen MR) is 101 cm³/mol. The molecule has 134 valence electrons. The number of amides is 1. The van der Waals surface area contributed by atoms with Crippen LogP contribution in [0.5, 0.6) is 5.75 Å². The summed E-state index contributed by atoms with van der Waals surface area (Å²) in [7, 11) is 1.80. The first kappa shape index (κ1) is 17.7. The van der Waals surface area contributed by atoms with Crippen molar-refractivity contribution in [3.8, 4) is 5.75 Å². The fourth-order valence-corrected chi connectivity index (χ4v) is 2.65. The van der Waals surface area contributed by atoms with Crippen LogP contribution in [0.3, 0.4) is 0 Å². The molecule has 0 aliphatic heterocycles. The summed E-state index contributed by atoms with van der Waals surface area (Å²) < 4.78 is 7.52. The van der Waals surface area contributed by atoms with Crippen LogP contribution in [-0.4, -0.2) is 28.6 Å². The number of aryl methyl sites for hydroxylation is 3. The quantitative estimate of drug-likeness (QED) is 0.716. The Morgan fingerprint density at radius 1 is 1.23 bits per heavy atom. The smallest absolute Gasteiger partial charge is 0.256 e. The third kappa shape index (κ3) is 3.74. The molecule has 0 fully saturated rings. The topological polar surface area (TPSA) is 73.2 Å². The van der Waals surface area contributed by atoms with Gasteiger partial charge in [0.1, 0.15) is 23.4 Å². The lowest BCUT2D eigenvalue weighted by Crippen LogP contribution is -2.32. The molecular weight excluding hydrogens is 330 g/mol. The molecule has 6 heteroatoms. The summed E-state index contributed by atoms with van der Waals surface area (Å²) in [6.45, 7) is 4.32. The van der Waals surface area contributed by atoms with Crippen molar-refractivity contribution in [2.75, 3.05) is 13.2 Å². The lowest BCUT2D eigenvalue weighted by Gasteiger charge is -2.11. The van der Waals surface area contributed by atoms with Crippen LogP contribution < -0.4 is 15.5 Å². The lowest BCUT2D eigenvalue weighted by atomic mass is 10.2. The minimum Gasteiger partial charge on any atom is -0.489 e. The Balaban J connectivity index is 1.63. The van der Waals surface area contributed by atoms with E-state index in [4.69, 9.17) is 4.74 Å². The highest BCUT2D eigenvalue weighted by Gasteiger charge is 2.11. The van der Waals surface area contributed by atoms with E-state index in [1.54, 1.807) is 17.8 Å². The molecule has 2 aromatic heterocycles. The van der Waals surface area contributed by atoms with E-state index in [0.717, 1.165) is 22.3 Å². The molecule has 6 nitrogen and oxygen atoms in total. The maximum Gasteiger partial charge on any atom is 0.256 e. The normalized spacial score (nSPS) is 10.7. The fraction of sp³-hybridized carbons (Fsp3) is 0.250. The number of nitrogens with zero attached hydrogens (tertiary/aromatic N) is 2. The maximum atomic E-state index is 12.2. The summed E-state index contributed by atoms with van der Waals surface area (Å²) in [6, 6.07) is 11.1. The molecule has 0 saturated heterocycles. The summed E-state index contributed by atoms with van der Waals surface area (Å²) in [6.07, 6.45) is 1.55. The number of hydrogen-bond acceptors (Lipinski definition) is 4. The van der Waals surface area contributed by atoms with Gasteiger partial charge in [0.15, 0.2) is 5.43 Å². The minimum absolute atomic E-state index is 0.126. The molecule has 0 aliphatic carbocycles. The van der Waals surface area contributed by atoms with Crippen molar-refractivity contribution < 1.29 is 9.53 Å². The van der Waals surface area contributed by atoms with Crippen molar-refractivity contribution in [3.05, 3.63) is 69.8 Å². The van der Waals surface area contributed by atoms with Crippen LogP contribution in [0.25, 0.3) is 10.9 Å². The van der Waals surface area contributed by atoms with Gasteiger partial charge in [-0.25, -0.2) is 4.98 Å². The van der Waals surface area contributed by atoms with Crippen molar-refractivity contribution in [1.29, 1.82) is 0 Å². The molecule has 0 aliphatic rings. The zero-order valence-electron chi connectivity index (χ0n) is 15.1. The Morgan fingerprint density at radius 3 is 2.85 bits per heavy atom. The molecule has 2 heterocycles. The highest BCUT2D eigenvalue weighted by atomic mass is 16.5. The second-order valence-electron chi connectivity index (χ2n) is 6.19. The van der Waals surface area contributed by atoms with Crippen LogP contribution in [0.1, 0.15) is 21.7 Å². The van der Waals surface area contributed by atoms with Crippen molar-refractivity contribution in [1.82, 2.24) is 14.9 Å². The zero-order valence-corrected chi connectivity index (χ0v) is 15.1. The van der Waals surface area contributed by atoms with Gasteiger partial charge in [-0.3, -0.25) is 9.59 Å². The van der Waals surface area contributed by atoms with E-state index in [1.807, 2.05) is 44.2 Å². The van der Waals surface area contributed by atoms with E-state index in [-0.39, 0.29) is 24.1 Å². The van der Waals surface area contributed by atoms with Crippen molar-refractivity contribution in [2.24, 2.45) is 7.05 Å². The van der Waals surface area contributed by atoms with E-state index >= 15 is 0 Å². The average Bonchev–Trinajstić information content (AvgIpc) is 2.61. The van der Waals surface area contributed by atoms with Crippen LogP contribution in [0.4, 0.5) is 0 Å². The van der Waals surface area contributed by atoms with Gasteiger partial charge in [0.05, 0.1) is 6.54 Å². The first-order valence-corrected chi connectivity index (χ1v) is 8.40. The fourth-order valence-electron chi connectivity index (χ4n) is 2.65. The molecule has 1 amide bonds. The van der Waals surface area contributed by atoms with E-state index in [9.17, 15) is 9.59 Å². The Hall–Kier alpha value is -3.15. The first-order valence-electron chi connectivity index (χ1n) is 8.40. The molecule has 3 rings (SSSR count). The van der Waals surface area contributed by atoms with Gasteiger partial charge >= 0.3 is 0 Å². The largest absolute Gasteiger partial charge is 0.489 e. The van der Waals surface area contributed by atoms with Gasteiger partial charge in [0, 0.05) is 36.1 Å². The van der Waals surface area contributed by atoms with E-state index in [0.29, 0.717) is 5.75 Å². The van der Waals surface area contributed by atoms with Crippen LogP contribution in [0.2, 0.25) is 0 Å². The van der Waals surface area contributed by atoms with Crippen LogP contribution in [0.15, 0.2) is 47.4 Å². The SMILES string of the molecule is Cc1ccc2cccc(OCCNC(=O)c3cn(C)c(C)cc3=O)c2n1. The minimum atomic E-state index is -0.402. The average molecular weight is 351 g/mol. The maximum absolute atomic E-state index is 12.2. The van der Waals surface area contributed by atoms with Gasteiger partial charge in [-0.05, 0) is 26.0 Å². The lowest BCUT2D eigenvalue weighted by molar-refractivity contribution is 0.0945. The Kier molecular flexibility index (Phi) is 5.02. The van der Waals surface area contributed by atoms with E-state index < -0.39 is 5.91 Å². The molecule has 1 aromatic carbocycles. The number of pyridine rings is 2. The number of rotatable bonds is 5. The summed E-state index contributed by atoms with van der Waals surface area (Å²) >= 11 is 0.